The van der Waals surface area contributed by atoms with Crippen molar-refractivity contribution in [3.8, 4) is 0 Å². The minimum absolute atomic E-state index is 0.0129. The van der Waals surface area contributed by atoms with Gasteiger partial charge in [-0.3, -0.25) is 4.79 Å². The number of hydrogen-bond acceptors (Lipinski definition) is 6. The van der Waals surface area contributed by atoms with Crippen LogP contribution in [0.1, 0.15) is 57.9 Å². The number of thiophene rings is 1. The van der Waals surface area contributed by atoms with E-state index in [0.29, 0.717) is 12.0 Å². The van der Waals surface area contributed by atoms with Gasteiger partial charge in [0.25, 0.3) is 5.91 Å². The number of piperidine rings is 1. The van der Waals surface area contributed by atoms with Gasteiger partial charge in [0.2, 0.25) is 0 Å². The number of rotatable bonds is 4. The molecule has 2 saturated heterocycles. The fraction of sp³-hybridized carbons (Fsp3) is 0.526. The van der Waals surface area contributed by atoms with Crippen LogP contribution < -0.4 is 15.5 Å². The van der Waals surface area contributed by atoms with Gasteiger partial charge in [-0.2, -0.15) is 0 Å². The van der Waals surface area contributed by atoms with Gasteiger partial charge in [-0.25, -0.2) is 9.97 Å². The standard InChI is InChI=1S/C19H25N5OS/c1-20-19(25)17-5-4-16(26-17)15-3-2-10-24(15)18-11-14(22-12-23-18)13-6-8-21-9-7-13/h4-5,11-13,15,21H,2-3,6-10H2,1H3,(H,20,25). The predicted molar refractivity (Wildman–Crippen MR) is 104 cm³/mol. The lowest BCUT2D eigenvalue weighted by molar-refractivity contribution is 0.0967. The number of nitrogens with one attached hydrogen (secondary N) is 2. The Morgan fingerprint density at radius 2 is 2.12 bits per heavy atom. The summed E-state index contributed by atoms with van der Waals surface area (Å²) in [6, 6.07) is 6.50. The lowest BCUT2D eigenvalue weighted by Crippen LogP contribution is -2.27. The Hall–Kier alpha value is -1.99. The maximum absolute atomic E-state index is 11.9. The second kappa shape index (κ2) is 7.72. The van der Waals surface area contributed by atoms with Gasteiger partial charge in [-0.15, -0.1) is 11.3 Å². The highest BCUT2D eigenvalue weighted by Crippen LogP contribution is 2.39. The van der Waals surface area contributed by atoms with Crippen LogP contribution >= 0.6 is 11.3 Å². The molecule has 0 spiro atoms. The predicted octanol–water partition coefficient (Wildman–Crippen LogP) is 2.71. The smallest absolute Gasteiger partial charge is 0.261 e. The molecule has 2 N–H and O–H groups in total. The van der Waals surface area contributed by atoms with Crippen LogP contribution in [0.4, 0.5) is 5.82 Å². The molecule has 138 valence electrons. The topological polar surface area (TPSA) is 70.2 Å². The first kappa shape index (κ1) is 17.4. The Balaban J connectivity index is 1.56. The minimum atomic E-state index is -0.0129. The van der Waals surface area contributed by atoms with Crippen LogP contribution in [0.25, 0.3) is 0 Å². The summed E-state index contributed by atoms with van der Waals surface area (Å²) in [5, 5.41) is 6.12. The van der Waals surface area contributed by atoms with E-state index in [1.807, 2.05) is 6.07 Å². The number of hydrogen-bond donors (Lipinski definition) is 2. The molecule has 26 heavy (non-hydrogen) atoms. The van der Waals surface area contributed by atoms with E-state index in [0.717, 1.165) is 56.0 Å². The summed E-state index contributed by atoms with van der Waals surface area (Å²) in [6.45, 7) is 3.13. The number of aromatic nitrogens is 2. The minimum Gasteiger partial charge on any atom is -0.354 e. The summed E-state index contributed by atoms with van der Waals surface area (Å²) in [5.74, 6) is 1.53. The molecule has 4 heterocycles. The molecule has 2 aromatic heterocycles. The molecule has 0 bridgehead atoms. The van der Waals surface area contributed by atoms with Crippen LogP contribution in [0.2, 0.25) is 0 Å². The van der Waals surface area contributed by atoms with Gasteiger partial charge in [0, 0.05) is 36.1 Å². The molecule has 2 fully saturated rings. The van der Waals surface area contributed by atoms with Crippen LogP contribution in [-0.4, -0.2) is 42.6 Å². The van der Waals surface area contributed by atoms with Crippen molar-refractivity contribution in [2.45, 2.75) is 37.6 Å². The summed E-state index contributed by atoms with van der Waals surface area (Å²) < 4.78 is 0. The van der Waals surface area contributed by atoms with Crippen molar-refractivity contribution in [1.29, 1.82) is 0 Å². The van der Waals surface area contributed by atoms with Crippen LogP contribution in [0.15, 0.2) is 24.5 Å². The molecule has 0 aromatic carbocycles. The van der Waals surface area contributed by atoms with E-state index < -0.39 is 0 Å². The molecule has 6 nitrogen and oxygen atoms in total. The zero-order valence-electron chi connectivity index (χ0n) is 15.1. The van der Waals surface area contributed by atoms with Crippen molar-refractivity contribution in [3.63, 3.8) is 0 Å². The summed E-state index contributed by atoms with van der Waals surface area (Å²) in [6.07, 6.45) is 6.23. The van der Waals surface area contributed by atoms with E-state index in [1.165, 1.54) is 10.6 Å². The molecule has 2 aromatic rings. The van der Waals surface area contributed by atoms with Gasteiger partial charge >= 0.3 is 0 Å². The van der Waals surface area contributed by atoms with Crippen molar-refractivity contribution in [1.82, 2.24) is 20.6 Å². The number of carbonyl (C=O) groups excluding carboxylic acids is 1. The SMILES string of the molecule is CNC(=O)c1ccc(C2CCCN2c2cc(C3CCNCC3)ncn2)s1. The maximum Gasteiger partial charge on any atom is 0.261 e. The van der Waals surface area contributed by atoms with E-state index in [2.05, 4.69) is 37.6 Å². The van der Waals surface area contributed by atoms with Gasteiger partial charge in [0.05, 0.1) is 10.9 Å². The highest BCUT2D eigenvalue weighted by atomic mass is 32.1. The summed E-state index contributed by atoms with van der Waals surface area (Å²) in [4.78, 5) is 25.4. The quantitative estimate of drug-likeness (QED) is 0.865. The summed E-state index contributed by atoms with van der Waals surface area (Å²) >= 11 is 1.59. The second-order valence-corrected chi connectivity index (χ2v) is 8.07. The highest BCUT2D eigenvalue weighted by molar-refractivity contribution is 7.14. The Kier molecular flexibility index (Phi) is 5.17. The zero-order valence-corrected chi connectivity index (χ0v) is 15.9. The Morgan fingerprint density at radius 1 is 1.27 bits per heavy atom. The molecular formula is C19H25N5OS. The molecule has 4 rings (SSSR count). The van der Waals surface area contributed by atoms with Crippen molar-refractivity contribution in [2.75, 3.05) is 31.6 Å². The highest BCUT2D eigenvalue weighted by Gasteiger charge is 2.29. The third-order valence-corrected chi connectivity index (χ3v) is 6.57. The molecule has 0 saturated carbocycles. The summed E-state index contributed by atoms with van der Waals surface area (Å²) in [7, 11) is 1.67. The molecule has 1 atom stereocenters. The van der Waals surface area contributed by atoms with Crippen molar-refractivity contribution in [2.24, 2.45) is 0 Å². The van der Waals surface area contributed by atoms with Crippen LogP contribution in [0, 0.1) is 0 Å². The first-order valence-electron chi connectivity index (χ1n) is 9.37. The van der Waals surface area contributed by atoms with E-state index >= 15 is 0 Å². The molecule has 7 heteroatoms. The molecular weight excluding hydrogens is 346 g/mol. The van der Waals surface area contributed by atoms with Crippen LogP contribution in [0.3, 0.4) is 0 Å². The Bertz CT molecular complexity index is 771. The second-order valence-electron chi connectivity index (χ2n) is 6.96. The van der Waals surface area contributed by atoms with Gasteiger partial charge in [0.1, 0.15) is 12.1 Å². The lowest BCUT2D eigenvalue weighted by Gasteiger charge is -2.27. The van der Waals surface area contributed by atoms with E-state index in [9.17, 15) is 4.79 Å². The molecule has 0 aliphatic carbocycles. The average molecular weight is 372 g/mol. The number of amides is 1. The number of anilines is 1. The van der Waals surface area contributed by atoms with E-state index in [4.69, 9.17) is 0 Å². The first-order valence-corrected chi connectivity index (χ1v) is 10.2. The Morgan fingerprint density at radius 3 is 2.92 bits per heavy atom. The van der Waals surface area contributed by atoms with E-state index in [-0.39, 0.29) is 5.91 Å². The molecule has 1 amide bonds. The lowest BCUT2D eigenvalue weighted by atomic mass is 9.94. The average Bonchev–Trinajstić information content (AvgIpc) is 3.37. The molecule has 0 radical (unpaired) electrons. The number of nitrogens with zero attached hydrogens (tertiary/aromatic N) is 3. The first-order chi connectivity index (χ1) is 12.8. The maximum atomic E-state index is 11.9. The molecule has 2 aliphatic heterocycles. The largest absolute Gasteiger partial charge is 0.354 e. The fourth-order valence-corrected chi connectivity index (χ4v) is 5.08. The van der Waals surface area contributed by atoms with Crippen LogP contribution in [0.5, 0.6) is 0 Å². The van der Waals surface area contributed by atoms with Crippen LogP contribution in [-0.2, 0) is 0 Å². The molecule has 2 aliphatic rings. The third kappa shape index (κ3) is 3.46. The van der Waals surface area contributed by atoms with Gasteiger partial charge in [-0.05, 0) is 50.9 Å². The Labute approximate surface area is 158 Å². The zero-order chi connectivity index (χ0) is 17.9. The van der Waals surface area contributed by atoms with Gasteiger partial charge in [-0.1, -0.05) is 0 Å². The fourth-order valence-electron chi connectivity index (χ4n) is 3.97. The van der Waals surface area contributed by atoms with Crippen molar-refractivity contribution < 1.29 is 4.79 Å². The van der Waals surface area contributed by atoms with Crippen molar-refractivity contribution >= 4 is 23.1 Å². The third-order valence-electron chi connectivity index (χ3n) is 5.38. The summed E-state index contributed by atoms with van der Waals surface area (Å²) in [5.41, 5.74) is 1.17. The van der Waals surface area contributed by atoms with Crippen molar-refractivity contribution in [3.05, 3.63) is 40.0 Å². The molecule has 1 unspecified atom stereocenters. The number of carbonyl (C=O) groups is 1. The van der Waals surface area contributed by atoms with Gasteiger partial charge < -0.3 is 15.5 Å². The monoisotopic (exact) mass is 371 g/mol. The van der Waals surface area contributed by atoms with Gasteiger partial charge in [0.15, 0.2) is 0 Å². The normalized spacial score (nSPS) is 21.1. The van der Waals surface area contributed by atoms with E-state index in [1.54, 1.807) is 24.7 Å².